The molecule has 0 heterocycles. The molecule has 0 saturated heterocycles. The van der Waals surface area contributed by atoms with E-state index in [0.717, 1.165) is 6.42 Å². The number of primary amides is 1. The van der Waals surface area contributed by atoms with E-state index in [2.05, 4.69) is 0 Å². The first-order valence-electron chi connectivity index (χ1n) is 2.34. The molecule has 0 rings (SSSR count). The maximum Gasteiger partial charge on any atom is 0.259 e. The van der Waals surface area contributed by atoms with E-state index in [1.807, 2.05) is 6.92 Å². The first-order valence-corrected chi connectivity index (χ1v) is 2.71. The molecule has 0 atom stereocenters. The summed E-state index contributed by atoms with van der Waals surface area (Å²) in [5.41, 5.74) is 4.78. The van der Waals surface area contributed by atoms with Crippen molar-refractivity contribution < 1.29 is 4.79 Å². The van der Waals surface area contributed by atoms with Gasteiger partial charge in [0.25, 0.3) is 5.91 Å². The molecule has 0 saturated carbocycles. The van der Waals surface area contributed by atoms with Gasteiger partial charge in [0.2, 0.25) is 0 Å². The molecule has 0 aromatic carbocycles. The van der Waals surface area contributed by atoms with Gasteiger partial charge in [-0.2, -0.15) is 0 Å². The number of hydrogen-bond acceptors (Lipinski definition) is 1. The largest absolute Gasteiger partial charge is 0.365 e. The van der Waals surface area contributed by atoms with Crippen LogP contribution in [0.15, 0.2) is 11.1 Å². The summed E-state index contributed by atoms with van der Waals surface area (Å²) in [6.07, 6.45) is 2.31. The van der Waals surface area contributed by atoms with E-state index in [-0.39, 0.29) is 5.03 Å². The molecule has 0 spiro atoms. The summed E-state index contributed by atoms with van der Waals surface area (Å²) < 4.78 is 0. The monoisotopic (exact) mass is 133 g/mol. The fourth-order valence-corrected chi connectivity index (χ4v) is 0.434. The molecule has 0 aliphatic heterocycles. The zero-order chi connectivity index (χ0) is 6.57. The zero-order valence-corrected chi connectivity index (χ0v) is 5.40. The Bertz CT molecular complexity index is 120. The molecule has 0 bridgehead atoms. The number of halogens is 1. The molecule has 2 N–H and O–H groups in total. The number of hydrogen-bond donors (Lipinski definition) is 1. The van der Waals surface area contributed by atoms with Crippen LogP contribution in [-0.2, 0) is 4.79 Å². The topological polar surface area (TPSA) is 43.1 Å². The van der Waals surface area contributed by atoms with Crippen molar-refractivity contribution in [2.45, 2.75) is 13.3 Å². The maximum atomic E-state index is 10.1. The highest BCUT2D eigenvalue weighted by molar-refractivity contribution is 6.41. The number of allylic oxidation sites excluding steroid dienone is 1. The van der Waals surface area contributed by atoms with Gasteiger partial charge in [0.15, 0.2) is 0 Å². The molecule has 0 aliphatic rings. The van der Waals surface area contributed by atoms with Gasteiger partial charge < -0.3 is 5.73 Å². The third-order valence-electron chi connectivity index (χ3n) is 0.619. The van der Waals surface area contributed by atoms with Crippen molar-refractivity contribution in [1.82, 2.24) is 0 Å². The van der Waals surface area contributed by atoms with Crippen LogP contribution in [0.1, 0.15) is 13.3 Å². The highest BCUT2D eigenvalue weighted by Gasteiger charge is 1.95. The van der Waals surface area contributed by atoms with E-state index in [1.54, 1.807) is 6.08 Å². The van der Waals surface area contributed by atoms with Crippen LogP contribution in [0.3, 0.4) is 0 Å². The highest BCUT2D eigenvalue weighted by atomic mass is 35.5. The van der Waals surface area contributed by atoms with Gasteiger partial charge in [-0.1, -0.05) is 24.6 Å². The molecule has 0 fully saturated rings. The molecule has 0 aromatic heterocycles. The van der Waals surface area contributed by atoms with E-state index in [9.17, 15) is 4.79 Å². The lowest BCUT2D eigenvalue weighted by atomic mass is 10.4. The van der Waals surface area contributed by atoms with Crippen molar-refractivity contribution in [3.63, 3.8) is 0 Å². The average Bonchev–Trinajstić information content (AvgIpc) is 1.67. The highest BCUT2D eigenvalue weighted by Crippen LogP contribution is 1.99. The Labute approximate surface area is 53.3 Å². The van der Waals surface area contributed by atoms with Crippen LogP contribution >= 0.6 is 11.6 Å². The van der Waals surface area contributed by atoms with Crippen molar-refractivity contribution in [3.05, 3.63) is 11.1 Å². The van der Waals surface area contributed by atoms with E-state index in [1.165, 1.54) is 0 Å². The molecule has 8 heavy (non-hydrogen) atoms. The summed E-state index contributed by atoms with van der Waals surface area (Å²) in [5, 5.41) is 0.118. The molecule has 0 radical (unpaired) electrons. The van der Waals surface area contributed by atoms with Crippen molar-refractivity contribution in [1.29, 1.82) is 0 Å². The SMILES string of the molecule is CCC=C(Cl)C(N)=O. The molecule has 0 aromatic rings. The lowest BCUT2D eigenvalue weighted by Crippen LogP contribution is -2.09. The van der Waals surface area contributed by atoms with Gasteiger partial charge in [-0.3, -0.25) is 4.79 Å². The van der Waals surface area contributed by atoms with Crippen LogP contribution in [0, 0.1) is 0 Å². The average molecular weight is 134 g/mol. The molecule has 3 heteroatoms. The Hall–Kier alpha value is -0.500. The van der Waals surface area contributed by atoms with Gasteiger partial charge in [-0.05, 0) is 6.42 Å². The second-order valence-corrected chi connectivity index (χ2v) is 1.73. The van der Waals surface area contributed by atoms with Crippen LogP contribution < -0.4 is 5.73 Å². The summed E-state index contributed by atoms with van der Waals surface area (Å²) >= 11 is 5.30. The molecule has 46 valence electrons. The van der Waals surface area contributed by atoms with Gasteiger partial charge in [0.05, 0.1) is 0 Å². The lowest BCUT2D eigenvalue weighted by molar-refractivity contribution is -0.114. The molecule has 0 unspecified atom stereocenters. The first-order chi connectivity index (χ1) is 3.68. The standard InChI is InChI=1S/C5H8ClNO/c1-2-3-4(6)5(7)8/h3H,2H2,1H3,(H2,7,8). The Morgan fingerprint density at radius 1 is 1.88 bits per heavy atom. The van der Waals surface area contributed by atoms with Crippen LogP contribution in [0.4, 0.5) is 0 Å². The van der Waals surface area contributed by atoms with E-state index >= 15 is 0 Å². The third kappa shape index (κ3) is 2.64. The Morgan fingerprint density at radius 3 is 2.50 bits per heavy atom. The number of carbonyl (C=O) groups excluding carboxylic acids is 1. The smallest absolute Gasteiger partial charge is 0.259 e. The zero-order valence-electron chi connectivity index (χ0n) is 4.65. The van der Waals surface area contributed by atoms with Gasteiger partial charge in [-0.25, -0.2) is 0 Å². The molecule has 2 nitrogen and oxygen atoms in total. The third-order valence-corrected chi connectivity index (χ3v) is 0.959. The van der Waals surface area contributed by atoms with Crippen LogP contribution in [-0.4, -0.2) is 5.91 Å². The molecular formula is C5H8ClNO. The Kier molecular flexibility index (Phi) is 3.28. The number of carbonyl (C=O) groups is 1. The fourth-order valence-electron chi connectivity index (χ4n) is 0.280. The van der Waals surface area contributed by atoms with Crippen molar-refractivity contribution in [3.8, 4) is 0 Å². The summed E-state index contributed by atoms with van der Waals surface area (Å²) in [7, 11) is 0. The number of amides is 1. The number of nitrogens with two attached hydrogens (primary N) is 1. The summed E-state index contributed by atoms with van der Waals surface area (Å²) in [4.78, 5) is 10.1. The van der Waals surface area contributed by atoms with Crippen LogP contribution in [0.2, 0.25) is 0 Å². The summed E-state index contributed by atoms with van der Waals surface area (Å²) in [5.74, 6) is -0.562. The second-order valence-electron chi connectivity index (χ2n) is 1.32. The maximum absolute atomic E-state index is 10.1. The van der Waals surface area contributed by atoms with E-state index in [0.29, 0.717) is 0 Å². The first kappa shape index (κ1) is 7.50. The molecule has 0 aliphatic carbocycles. The van der Waals surface area contributed by atoms with Gasteiger partial charge in [-0.15, -0.1) is 0 Å². The van der Waals surface area contributed by atoms with E-state index < -0.39 is 5.91 Å². The van der Waals surface area contributed by atoms with Gasteiger partial charge >= 0.3 is 0 Å². The fraction of sp³-hybridized carbons (Fsp3) is 0.400. The predicted octanol–water partition coefficient (Wildman–Crippen LogP) is 1.00. The number of rotatable bonds is 2. The molecule has 1 amide bonds. The Balaban J connectivity index is 3.80. The predicted molar refractivity (Wildman–Crippen MR) is 33.4 cm³/mol. The van der Waals surface area contributed by atoms with Crippen LogP contribution in [0.25, 0.3) is 0 Å². The van der Waals surface area contributed by atoms with Crippen molar-refractivity contribution in [2.75, 3.05) is 0 Å². The normalized spacial score (nSPS) is 11.5. The van der Waals surface area contributed by atoms with Gasteiger partial charge in [0.1, 0.15) is 5.03 Å². The Morgan fingerprint density at radius 2 is 2.38 bits per heavy atom. The minimum absolute atomic E-state index is 0.118. The quantitative estimate of drug-likeness (QED) is 0.562. The van der Waals surface area contributed by atoms with Crippen LogP contribution in [0.5, 0.6) is 0 Å². The molecular weight excluding hydrogens is 126 g/mol. The minimum Gasteiger partial charge on any atom is -0.365 e. The summed E-state index contributed by atoms with van der Waals surface area (Å²) in [6, 6.07) is 0. The summed E-state index contributed by atoms with van der Waals surface area (Å²) in [6.45, 7) is 1.88. The van der Waals surface area contributed by atoms with E-state index in [4.69, 9.17) is 17.3 Å². The van der Waals surface area contributed by atoms with Crippen molar-refractivity contribution >= 4 is 17.5 Å². The second kappa shape index (κ2) is 3.50. The lowest BCUT2D eigenvalue weighted by Gasteiger charge is -1.85. The van der Waals surface area contributed by atoms with Gasteiger partial charge in [0, 0.05) is 0 Å². The van der Waals surface area contributed by atoms with Crippen molar-refractivity contribution in [2.24, 2.45) is 5.73 Å². The minimum atomic E-state index is -0.562.